The zero-order valence-electron chi connectivity index (χ0n) is 10.3. The van der Waals surface area contributed by atoms with Crippen LogP contribution >= 0.6 is 11.8 Å². The lowest BCUT2D eigenvalue weighted by Crippen LogP contribution is -2.41. The second-order valence-corrected chi connectivity index (χ2v) is 7.80. The van der Waals surface area contributed by atoms with Gasteiger partial charge in [-0.25, -0.2) is 17.2 Å². The summed E-state index contributed by atoms with van der Waals surface area (Å²) in [4.78, 5) is -0.564. The van der Waals surface area contributed by atoms with Crippen molar-refractivity contribution in [1.82, 2.24) is 4.31 Å². The lowest BCUT2D eigenvalue weighted by atomic mass is 10.3. The molecule has 1 aliphatic rings. The van der Waals surface area contributed by atoms with Crippen molar-refractivity contribution < 1.29 is 17.2 Å². The molecule has 106 valence electrons. The predicted octanol–water partition coefficient (Wildman–Crippen LogP) is 1.67. The van der Waals surface area contributed by atoms with E-state index in [2.05, 4.69) is 0 Å². The summed E-state index contributed by atoms with van der Waals surface area (Å²) in [7, 11) is -3.97. The highest BCUT2D eigenvalue weighted by molar-refractivity contribution is 8.00. The quantitative estimate of drug-likeness (QED) is 0.844. The van der Waals surface area contributed by atoms with Crippen molar-refractivity contribution >= 4 is 27.5 Å². The van der Waals surface area contributed by atoms with Crippen LogP contribution in [0.25, 0.3) is 0 Å². The van der Waals surface area contributed by atoms with E-state index in [9.17, 15) is 17.2 Å². The Morgan fingerprint density at radius 2 is 2.05 bits per heavy atom. The number of anilines is 1. The summed E-state index contributed by atoms with van der Waals surface area (Å²) < 4.78 is 52.6. The molecule has 0 aliphatic carbocycles. The van der Waals surface area contributed by atoms with E-state index in [-0.39, 0.29) is 10.9 Å². The number of halogens is 2. The Kier molecular flexibility index (Phi) is 4.03. The number of nitrogens with two attached hydrogens (primary N) is 1. The number of rotatable bonds is 2. The minimum Gasteiger partial charge on any atom is -0.396 e. The highest BCUT2D eigenvalue weighted by Gasteiger charge is 2.31. The summed E-state index contributed by atoms with van der Waals surface area (Å²) in [5, 5.41) is 0.143. The van der Waals surface area contributed by atoms with Crippen LogP contribution < -0.4 is 5.73 Å². The van der Waals surface area contributed by atoms with E-state index in [1.54, 1.807) is 11.8 Å². The molecule has 0 amide bonds. The number of thioether (sulfide) groups is 1. The SMILES string of the molecule is CC1CN(S(=O)(=O)c2cc(N)c(F)cc2F)CCS1. The van der Waals surface area contributed by atoms with E-state index in [1.807, 2.05) is 6.92 Å². The molecule has 0 radical (unpaired) electrons. The van der Waals surface area contributed by atoms with E-state index in [0.717, 1.165) is 6.07 Å². The molecule has 1 aliphatic heterocycles. The minimum atomic E-state index is -3.97. The fraction of sp³-hybridized carbons (Fsp3) is 0.455. The summed E-state index contributed by atoms with van der Waals surface area (Å²) in [5.74, 6) is -1.42. The molecule has 0 bridgehead atoms. The lowest BCUT2D eigenvalue weighted by molar-refractivity contribution is 0.419. The van der Waals surface area contributed by atoms with Gasteiger partial charge >= 0.3 is 0 Å². The summed E-state index contributed by atoms with van der Waals surface area (Å²) in [6, 6.07) is 1.34. The van der Waals surface area contributed by atoms with Gasteiger partial charge < -0.3 is 5.73 Å². The Hall–Kier alpha value is -0.860. The summed E-state index contributed by atoms with van der Waals surface area (Å²) in [5.41, 5.74) is 4.94. The van der Waals surface area contributed by atoms with Crippen LogP contribution in [0, 0.1) is 11.6 Å². The van der Waals surface area contributed by atoms with Crippen molar-refractivity contribution in [2.45, 2.75) is 17.1 Å². The Labute approximate surface area is 115 Å². The molecule has 2 rings (SSSR count). The Balaban J connectivity index is 2.42. The molecule has 0 saturated carbocycles. The second kappa shape index (κ2) is 5.26. The fourth-order valence-electron chi connectivity index (χ4n) is 1.89. The third-order valence-electron chi connectivity index (χ3n) is 2.87. The van der Waals surface area contributed by atoms with Gasteiger partial charge in [-0.1, -0.05) is 6.92 Å². The maximum absolute atomic E-state index is 13.7. The second-order valence-electron chi connectivity index (χ2n) is 4.35. The number of benzene rings is 1. The molecular formula is C11H14F2N2O2S2. The van der Waals surface area contributed by atoms with Gasteiger partial charge in [-0.15, -0.1) is 0 Å². The first-order chi connectivity index (χ1) is 8.82. The molecule has 19 heavy (non-hydrogen) atoms. The van der Waals surface area contributed by atoms with E-state index < -0.39 is 26.6 Å². The number of hydrogen-bond acceptors (Lipinski definition) is 4. The van der Waals surface area contributed by atoms with E-state index >= 15 is 0 Å². The standard InChI is InChI=1S/C11H14F2N2O2S2/c1-7-6-15(2-3-18-7)19(16,17)11-5-10(14)8(12)4-9(11)13/h4-5,7H,2-3,6,14H2,1H3. The molecule has 4 nitrogen and oxygen atoms in total. The number of nitrogen functional groups attached to an aromatic ring is 1. The largest absolute Gasteiger partial charge is 0.396 e. The van der Waals surface area contributed by atoms with Gasteiger partial charge in [0.25, 0.3) is 0 Å². The van der Waals surface area contributed by atoms with Gasteiger partial charge in [-0.2, -0.15) is 16.1 Å². The molecule has 1 unspecified atom stereocenters. The van der Waals surface area contributed by atoms with Gasteiger partial charge in [0.15, 0.2) is 0 Å². The average molecular weight is 308 g/mol. The molecule has 2 N–H and O–H groups in total. The molecular weight excluding hydrogens is 294 g/mol. The Bertz CT molecular complexity index is 593. The van der Waals surface area contributed by atoms with E-state index in [0.29, 0.717) is 24.9 Å². The maximum Gasteiger partial charge on any atom is 0.246 e. The maximum atomic E-state index is 13.7. The van der Waals surface area contributed by atoms with Crippen molar-refractivity contribution in [2.24, 2.45) is 0 Å². The molecule has 8 heteroatoms. The average Bonchev–Trinajstić information content (AvgIpc) is 2.33. The topological polar surface area (TPSA) is 63.4 Å². The molecule has 1 aromatic carbocycles. The van der Waals surface area contributed by atoms with Crippen LogP contribution in [-0.2, 0) is 10.0 Å². The molecule has 0 aromatic heterocycles. The highest BCUT2D eigenvalue weighted by Crippen LogP contribution is 2.27. The first kappa shape index (κ1) is 14.5. The van der Waals surface area contributed by atoms with Crippen LogP contribution in [0.5, 0.6) is 0 Å². The van der Waals surface area contributed by atoms with Crippen molar-refractivity contribution in [3.63, 3.8) is 0 Å². The Morgan fingerprint density at radius 3 is 2.68 bits per heavy atom. The first-order valence-corrected chi connectivity index (χ1v) is 8.17. The van der Waals surface area contributed by atoms with Crippen LogP contribution in [0.2, 0.25) is 0 Å². The summed E-state index contributed by atoms with van der Waals surface area (Å²) >= 11 is 1.66. The molecule has 1 heterocycles. The third-order valence-corrected chi connectivity index (χ3v) is 5.89. The molecule has 1 atom stereocenters. The Morgan fingerprint density at radius 1 is 1.37 bits per heavy atom. The fourth-order valence-corrected chi connectivity index (χ4v) is 4.72. The van der Waals surface area contributed by atoms with Crippen LogP contribution in [0.15, 0.2) is 17.0 Å². The first-order valence-electron chi connectivity index (χ1n) is 5.68. The van der Waals surface area contributed by atoms with Crippen molar-refractivity contribution in [3.8, 4) is 0 Å². The highest BCUT2D eigenvalue weighted by atomic mass is 32.2. The summed E-state index contributed by atoms with van der Waals surface area (Å²) in [6.45, 7) is 2.53. The van der Waals surface area contributed by atoms with Crippen LogP contribution in [0.1, 0.15) is 6.92 Å². The molecule has 1 saturated heterocycles. The van der Waals surface area contributed by atoms with Gasteiger partial charge in [0.1, 0.15) is 16.5 Å². The van der Waals surface area contributed by atoms with E-state index in [4.69, 9.17) is 5.73 Å². The molecule has 1 fully saturated rings. The zero-order chi connectivity index (χ0) is 14.2. The third kappa shape index (κ3) is 2.85. The van der Waals surface area contributed by atoms with Crippen LogP contribution in [0.3, 0.4) is 0 Å². The van der Waals surface area contributed by atoms with Crippen LogP contribution in [0.4, 0.5) is 14.5 Å². The lowest BCUT2D eigenvalue weighted by Gasteiger charge is -2.29. The van der Waals surface area contributed by atoms with Gasteiger partial charge in [-0.05, 0) is 6.07 Å². The molecule has 0 spiro atoms. The van der Waals surface area contributed by atoms with Gasteiger partial charge in [0, 0.05) is 30.2 Å². The van der Waals surface area contributed by atoms with Crippen LogP contribution in [-0.4, -0.2) is 36.8 Å². The minimum absolute atomic E-state index is 0.143. The van der Waals surface area contributed by atoms with Crippen molar-refractivity contribution in [3.05, 3.63) is 23.8 Å². The summed E-state index contributed by atoms with van der Waals surface area (Å²) in [6.07, 6.45) is 0. The molecule has 1 aromatic rings. The monoisotopic (exact) mass is 308 g/mol. The van der Waals surface area contributed by atoms with Gasteiger partial charge in [-0.3, -0.25) is 0 Å². The van der Waals surface area contributed by atoms with Gasteiger partial charge in [0.2, 0.25) is 10.0 Å². The number of nitrogens with zero attached hydrogens (tertiary/aromatic N) is 1. The van der Waals surface area contributed by atoms with Crippen molar-refractivity contribution in [2.75, 3.05) is 24.6 Å². The van der Waals surface area contributed by atoms with E-state index in [1.165, 1.54) is 4.31 Å². The smallest absolute Gasteiger partial charge is 0.246 e. The van der Waals surface area contributed by atoms with Gasteiger partial charge in [0.05, 0.1) is 5.69 Å². The normalized spacial score (nSPS) is 21.5. The zero-order valence-corrected chi connectivity index (χ0v) is 11.9. The number of hydrogen-bond donors (Lipinski definition) is 1. The van der Waals surface area contributed by atoms with Crippen molar-refractivity contribution in [1.29, 1.82) is 0 Å². The number of sulfonamides is 1. The predicted molar refractivity (Wildman–Crippen MR) is 71.4 cm³/mol.